The van der Waals surface area contributed by atoms with Crippen molar-refractivity contribution < 1.29 is 13.6 Å². The van der Waals surface area contributed by atoms with Gasteiger partial charge in [-0.15, -0.1) is 6.58 Å². The molecule has 0 aromatic heterocycles. The van der Waals surface area contributed by atoms with Crippen molar-refractivity contribution in [1.29, 1.82) is 0 Å². The van der Waals surface area contributed by atoms with Gasteiger partial charge in [-0.05, 0) is 22.0 Å². The lowest BCUT2D eigenvalue weighted by atomic mass is 10.1. The van der Waals surface area contributed by atoms with Gasteiger partial charge in [0.05, 0.1) is 10.2 Å². The summed E-state index contributed by atoms with van der Waals surface area (Å²) in [5.41, 5.74) is -0.0138. The van der Waals surface area contributed by atoms with Gasteiger partial charge in [0.2, 0.25) is 5.91 Å². The third-order valence-corrected chi connectivity index (χ3v) is 3.38. The van der Waals surface area contributed by atoms with Crippen LogP contribution in [0.3, 0.4) is 0 Å². The number of amides is 1. The average molecular weight is 302 g/mol. The Morgan fingerprint density at radius 2 is 2.12 bits per heavy atom. The Morgan fingerprint density at radius 1 is 1.41 bits per heavy atom. The Balaban J connectivity index is 2.38. The number of rotatable bonds is 2. The third kappa shape index (κ3) is 2.24. The molecule has 1 aromatic carbocycles. The van der Waals surface area contributed by atoms with Crippen molar-refractivity contribution in [2.24, 2.45) is 5.92 Å². The van der Waals surface area contributed by atoms with E-state index in [9.17, 15) is 13.6 Å². The summed E-state index contributed by atoms with van der Waals surface area (Å²) in [5, 5.41) is 0. The number of benzene rings is 1. The van der Waals surface area contributed by atoms with Crippen LogP contribution in [0.2, 0.25) is 0 Å². The van der Waals surface area contributed by atoms with Crippen LogP contribution in [-0.4, -0.2) is 12.5 Å². The molecule has 1 amide bonds. The third-order valence-electron chi connectivity index (χ3n) is 2.77. The number of hydrogen-bond donors (Lipinski definition) is 0. The molecule has 2 nitrogen and oxygen atoms in total. The van der Waals surface area contributed by atoms with Crippen LogP contribution in [-0.2, 0) is 4.79 Å². The minimum atomic E-state index is -0.615. The highest BCUT2D eigenvalue weighted by Gasteiger charge is 2.30. The fraction of sp³-hybridized carbons (Fsp3) is 0.250. The largest absolute Gasteiger partial charge is 0.309 e. The molecule has 0 aliphatic carbocycles. The van der Waals surface area contributed by atoms with Crippen molar-refractivity contribution in [3.63, 3.8) is 0 Å². The van der Waals surface area contributed by atoms with Crippen molar-refractivity contribution in [2.75, 3.05) is 11.4 Å². The monoisotopic (exact) mass is 301 g/mol. The number of hydrogen-bond acceptors (Lipinski definition) is 1. The molecule has 17 heavy (non-hydrogen) atoms. The maximum Gasteiger partial charge on any atom is 0.227 e. The summed E-state index contributed by atoms with van der Waals surface area (Å²) < 4.78 is 27.1. The molecule has 1 fully saturated rings. The van der Waals surface area contributed by atoms with E-state index in [2.05, 4.69) is 22.5 Å². The van der Waals surface area contributed by atoms with Gasteiger partial charge in [-0.3, -0.25) is 4.79 Å². The molecule has 1 heterocycles. The van der Waals surface area contributed by atoms with E-state index in [1.807, 2.05) is 0 Å². The number of nitrogens with zero attached hydrogens (tertiary/aromatic N) is 1. The number of carbonyl (C=O) groups is 1. The van der Waals surface area contributed by atoms with Crippen LogP contribution < -0.4 is 4.90 Å². The van der Waals surface area contributed by atoms with E-state index in [0.29, 0.717) is 13.0 Å². The van der Waals surface area contributed by atoms with Crippen LogP contribution >= 0.6 is 15.9 Å². The fourth-order valence-corrected chi connectivity index (χ4v) is 2.16. The van der Waals surface area contributed by atoms with Gasteiger partial charge < -0.3 is 4.90 Å². The highest BCUT2D eigenvalue weighted by Crippen LogP contribution is 2.31. The topological polar surface area (TPSA) is 20.3 Å². The van der Waals surface area contributed by atoms with Crippen LogP contribution in [0.25, 0.3) is 0 Å². The Hall–Kier alpha value is -1.23. The normalized spacial score (nSPS) is 19.8. The number of anilines is 1. The van der Waals surface area contributed by atoms with Gasteiger partial charge >= 0.3 is 0 Å². The summed E-state index contributed by atoms with van der Waals surface area (Å²) in [6, 6.07) is 2.06. The molecule has 1 aliphatic rings. The molecule has 0 radical (unpaired) electrons. The molecule has 2 rings (SSSR count). The van der Waals surface area contributed by atoms with Crippen LogP contribution in [0, 0.1) is 17.6 Å². The first-order chi connectivity index (χ1) is 8.02. The standard InChI is InChI=1S/C12H10BrF2NO/c1-2-7-3-12(17)16(6-7)11-5-9(14)8(13)4-10(11)15/h2,4-5,7H,1,3,6H2. The molecule has 5 heteroatoms. The molecule has 1 aliphatic heterocycles. The second-order valence-electron chi connectivity index (χ2n) is 3.92. The Bertz CT molecular complexity index is 490. The van der Waals surface area contributed by atoms with Crippen molar-refractivity contribution in [3.05, 3.63) is 40.9 Å². The summed E-state index contributed by atoms with van der Waals surface area (Å²) in [6.45, 7) is 3.95. The highest BCUT2D eigenvalue weighted by molar-refractivity contribution is 9.10. The molecule has 0 spiro atoms. The lowest BCUT2D eigenvalue weighted by Crippen LogP contribution is -2.25. The lowest BCUT2D eigenvalue weighted by Gasteiger charge is -2.17. The van der Waals surface area contributed by atoms with Gasteiger partial charge in [0.25, 0.3) is 0 Å². The minimum absolute atomic E-state index is 0.00592. The molecule has 1 atom stereocenters. The van der Waals surface area contributed by atoms with Crippen molar-refractivity contribution >= 4 is 27.5 Å². The van der Waals surface area contributed by atoms with Crippen LogP contribution in [0.5, 0.6) is 0 Å². The zero-order chi connectivity index (χ0) is 12.6. The van der Waals surface area contributed by atoms with Gasteiger partial charge in [-0.2, -0.15) is 0 Å². The average Bonchev–Trinajstić information content (AvgIpc) is 2.65. The van der Waals surface area contributed by atoms with E-state index >= 15 is 0 Å². The van der Waals surface area contributed by atoms with E-state index in [1.165, 1.54) is 4.90 Å². The zero-order valence-corrected chi connectivity index (χ0v) is 10.5. The number of halogens is 3. The predicted octanol–water partition coefficient (Wildman–Crippen LogP) is 3.27. The SMILES string of the molecule is C=CC1CC(=O)N(c2cc(F)c(Br)cc2F)C1. The molecule has 1 saturated heterocycles. The maximum absolute atomic E-state index is 13.7. The molecule has 0 N–H and O–H groups in total. The smallest absolute Gasteiger partial charge is 0.227 e. The van der Waals surface area contributed by atoms with Gasteiger partial charge in [-0.1, -0.05) is 6.08 Å². The maximum atomic E-state index is 13.7. The second-order valence-corrected chi connectivity index (χ2v) is 4.78. The van der Waals surface area contributed by atoms with Crippen molar-refractivity contribution in [3.8, 4) is 0 Å². The minimum Gasteiger partial charge on any atom is -0.309 e. The van der Waals surface area contributed by atoms with Gasteiger partial charge in [0.1, 0.15) is 11.6 Å². The first kappa shape index (κ1) is 12.2. The molecule has 90 valence electrons. The van der Waals surface area contributed by atoms with Crippen molar-refractivity contribution in [2.45, 2.75) is 6.42 Å². The molecule has 0 saturated carbocycles. The lowest BCUT2D eigenvalue weighted by molar-refractivity contribution is -0.117. The van der Waals surface area contributed by atoms with E-state index in [1.54, 1.807) is 6.08 Å². The Kier molecular flexibility index (Phi) is 3.28. The van der Waals surface area contributed by atoms with E-state index in [0.717, 1.165) is 12.1 Å². The fourth-order valence-electron chi connectivity index (χ4n) is 1.84. The molecule has 0 bridgehead atoms. The summed E-state index contributed by atoms with van der Waals surface area (Å²) in [6.07, 6.45) is 1.95. The summed E-state index contributed by atoms with van der Waals surface area (Å²) >= 11 is 2.89. The first-order valence-corrected chi connectivity index (χ1v) is 5.89. The van der Waals surface area contributed by atoms with Crippen LogP contribution in [0.4, 0.5) is 14.5 Å². The van der Waals surface area contributed by atoms with Crippen LogP contribution in [0.15, 0.2) is 29.3 Å². The number of carbonyl (C=O) groups excluding carboxylic acids is 1. The summed E-state index contributed by atoms with van der Waals surface area (Å²) in [7, 11) is 0. The Labute approximate surface area is 106 Å². The van der Waals surface area contributed by atoms with Gasteiger partial charge in [0.15, 0.2) is 0 Å². The van der Waals surface area contributed by atoms with Crippen LogP contribution in [0.1, 0.15) is 6.42 Å². The van der Waals surface area contributed by atoms with E-state index in [-0.39, 0.29) is 22.0 Å². The van der Waals surface area contributed by atoms with E-state index < -0.39 is 11.6 Å². The summed E-state index contributed by atoms with van der Waals surface area (Å²) in [5.74, 6) is -1.42. The quantitative estimate of drug-likeness (QED) is 0.606. The predicted molar refractivity (Wildman–Crippen MR) is 64.7 cm³/mol. The van der Waals surface area contributed by atoms with E-state index in [4.69, 9.17) is 0 Å². The first-order valence-electron chi connectivity index (χ1n) is 5.10. The highest BCUT2D eigenvalue weighted by atomic mass is 79.9. The molecular formula is C12H10BrF2NO. The zero-order valence-electron chi connectivity index (χ0n) is 8.92. The summed E-state index contributed by atoms with van der Waals surface area (Å²) in [4.78, 5) is 12.9. The second kappa shape index (κ2) is 4.56. The molecule has 1 aromatic rings. The molecular weight excluding hydrogens is 292 g/mol. The van der Waals surface area contributed by atoms with Gasteiger partial charge in [0, 0.05) is 24.9 Å². The Morgan fingerprint density at radius 3 is 2.71 bits per heavy atom. The van der Waals surface area contributed by atoms with Crippen molar-refractivity contribution in [1.82, 2.24) is 0 Å². The molecule has 1 unspecified atom stereocenters. The van der Waals surface area contributed by atoms with Gasteiger partial charge in [-0.25, -0.2) is 8.78 Å².